The molecule has 1 aromatic rings. The molecule has 0 amide bonds. The largest absolute Gasteiger partial charge is 0.262 e. The van der Waals surface area contributed by atoms with Crippen LogP contribution in [0.1, 0.15) is 6.92 Å². The SMILES string of the molecule is C=Nc1cnccc1/N=C\C. The molecule has 11 heavy (non-hydrogen) atoms. The fraction of sp³-hybridized carbons (Fsp3) is 0.125. The Morgan fingerprint density at radius 2 is 2.36 bits per heavy atom. The van der Waals surface area contributed by atoms with E-state index in [1.54, 1.807) is 24.7 Å². The number of hydrogen-bond acceptors (Lipinski definition) is 3. The summed E-state index contributed by atoms with van der Waals surface area (Å²) in [4.78, 5) is 11.7. The van der Waals surface area contributed by atoms with Gasteiger partial charge in [0.15, 0.2) is 0 Å². The second kappa shape index (κ2) is 3.61. The average molecular weight is 147 g/mol. The Labute approximate surface area is 65.5 Å². The van der Waals surface area contributed by atoms with Crippen LogP contribution in [-0.4, -0.2) is 17.9 Å². The molecule has 1 aromatic heterocycles. The molecule has 1 rings (SSSR count). The Morgan fingerprint density at radius 1 is 1.55 bits per heavy atom. The third kappa shape index (κ3) is 1.70. The second-order valence-corrected chi connectivity index (χ2v) is 1.91. The smallest absolute Gasteiger partial charge is 0.106 e. The first-order valence-electron chi connectivity index (χ1n) is 3.28. The first-order valence-corrected chi connectivity index (χ1v) is 3.28. The summed E-state index contributed by atoms with van der Waals surface area (Å²) in [7, 11) is 0. The van der Waals surface area contributed by atoms with Crippen molar-refractivity contribution < 1.29 is 0 Å². The Morgan fingerprint density at radius 3 is 3.00 bits per heavy atom. The minimum Gasteiger partial charge on any atom is -0.262 e. The van der Waals surface area contributed by atoms with E-state index >= 15 is 0 Å². The number of aromatic nitrogens is 1. The van der Waals surface area contributed by atoms with Crippen LogP contribution in [0.4, 0.5) is 11.4 Å². The van der Waals surface area contributed by atoms with Crippen LogP contribution >= 0.6 is 0 Å². The zero-order chi connectivity index (χ0) is 8.10. The average Bonchev–Trinajstić information content (AvgIpc) is 2.06. The highest BCUT2D eigenvalue weighted by Gasteiger charge is 1.94. The summed E-state index contributed by atoms with van der Waals surface area (Å²) < 4.78 is 0. The van der Waals surface area contributed by atoms with Crippen LogP contribution in [0.2, 0.25) is 0 Å². The molecule has 0 radical (unpaired) electrons. The predicted molar refractivity (Wildman–Crippen MR) is 47.3 cm³/mol. The van der Waals surface area contributed by atoms with E-state index in [0.29, 0.717) is 5.69 Å². The van der Waals surface area contributed by atoms with Gasteiger partial charge in [-0.05, 0) is 19.7 Å². The maximum absolute atomic E-state index is 4.08. The van der Waals surface area contributed by atoms with Gasteiger partial charge in [0.2, 0.25) is 0 Å². The molecule has 1 heterocycles. The lowest BCUT2D eigenvalue weighted by molar-refractivity contribution is 1.29. The van der Waals surface area contributed by atoms with Gasteiger partial charge < -0.3 is 0 Å². The zero-order valence-corrected chi connectivity index (χ0v) is 6.36. The van der Waals surface area contributed by atoms with Gasteiger partial charge in [0.25, 0.3) is 0 Å². The Hall–Kier alpha value is -1.51. The van der Waals surface area contributed by atoms with E-state index in [2.05, 4.69) is 21.7 Å². The highest BCUT2D eigenvalue weighted by molar-refractivity contribution is 5.69. The van der Waals surface area contributed by atoms with Gasteiger partial charge in [0.05, 0.1) is 11.9 Å². The third-order valence-electron chi connectivity index (χ3n) is 1.22. The number of pyridine rings is 1. The minimum atomic E-state index is 0.714. The summed E-state index contributed by atoms with van der Waals surface area (Å²) in [5, 5.41) is 0. The molecule has 3 nitrogen and oxygen atoms in total. The highest BCUT2D eigenvalue weighted by atomic mass is 14.8. The minimum absolute atomic E-state index is 0.714. The van der Waals surface area contributed by atoms with Crippen molar-refractivity contribution in [2.24, 2.45) is 9.98 Å². The van der Waals surface area contributed by atoms with E-state index in [0.717, 1.165) is 5.69 Å². The summed E-state index contributed by atoms with van der Waals surface area (Å²) in [5.74, 6) is 0. The topological polar surface area (TPSA) is 37.6 Å². The maximum Gasteiger partial charge on any atom is 0.106 e. The lowest BCUT2D eigenvalue weighted by Gasteiger charge is -1.95. The normalized spacial score (nSPS) is 10.3. The lowest BCUT2D eigenvalue weighted by atomic mass is 10.3. The molecular formula is C8H9N3. The van der Waals surface area contributed by atoms with Crippen LogP contribution in [0, 0.1) is 0 Å². The first kappa shape index (κ1) is 7.60. The predicted octanol–water partition coefficient (Wildman–Crippen LogP) is 2.14. The van der Waals surface area contributed by atoms with E-state index in [9.17, 15) is 0 Å². The molecule has 0 N–H and O–H groups in total. The van der Waals surface area contributed by atoms with E-state index in [1.165, 1.54) is 0 Å². The van der Waals surface area contributed by atoms with E-state index in [-0.39, 0.29) is 0 Å². The van der Waals surface area contributed by atoms with Crippen molar-refractivity contribution in [3.63, 3.8) is 0 Å². The van der Waals surface area contributed by atoms with Gasteiger partial charge in [-0.25, -0.2) is 0 Å². The lowest BCUT2D eigenvalue weighted by Crippen LogP contribution is -1.71. The Balaban J connectivity index is 3.11. The standard InChI is InChI=1S/C8H9N3/c1-3-11-7-4-5-10-6-8(7)9-2/h3-6H,2H2,1H3/b11-3-. The fourth-order valence-corrected chi connectivity index (χ4v) is 0.749. The third-order valence-corrected chi connectivity index (χ3v) is 1.22. The fourth-order valence-electron chi connectivity index (χ4n) is 0.749. The molecule has 0 bridgehead atoms. The van der Waals surface area contributed by atoms with Crippen molar-refractivity contribution in [2.75, 3.05) is 0 Å². The van der Waals surface area contributed by atoms with Crippen LogP contribution in [0.15, 0.2) is 28.4 Å². The molecule has 0 fully saturated rings. The molecule has 0 aliphatic heterocycles. The molecule has 0 aliphatic carbocycles. The molecule has 0 aromatic carbocycles. The van der Waals surface area contributed by atoms with Crippen molar-refractivity contribution >= 4 is 24.3 Å². The van der Waals surface area contributed by atoms with Gasteiger partial charge in [0, 0.05) is 12.4 Å². The summed E-state index contributed by atoms with van der Waals surface area (Å²) in [6.07, 6.45) is 5.02. The highest BCUT2D eigenvalue weighted by Crippen LogP contribution is 2.24. The summed E-state index contributed by atoms with van der Waals surface area (Å²) in [5.41, 5.74) is 1.52. The quantitative estimate of drug-likeness (QED) is 0.590. The van der Waals surface area contributed by atoms with Gasteiger partial charge in [-0.2, -0.15) is 0 Å². The van der Waals surface area contributed by atoms with Crippen LogP contribution in [-0.2, 0) is 0 Å². The first-order chi connectivity index (χ1) is 5.38. The van der Waals surface area contributed by atoms with Crippen molar-refractivity contribution in [1.29, 1.82) is 0 Å². The number of aliphatic imine (C=N–C) groups is 2. The zero-order valence-electron chi connectivity index (χ0n) is 6.36. The van der Waals surface area contributed by atoms with E-state index in [4.69, 9.17) is 0 Å². The van der Waals surface area contributed by atoms with Crippen LogP contribution in [0.5, 0.6) is 0 Å². The summed E-state index contributed by atoms with van der Waals surface area (Å²) in [6.45, 7) is 5.26. The Kier molecular flexibility index (Phi) is 2.49. The van der Waals surface area contributed by atoms with Crippen molar-refractivity contribution in [3.8, 4) is 0 Å². The Bertz CT molecular complexity index is 278. The molecule has 0 aliphatic rings. The molecule has 0 unspecified atom stereocenters. The molecule has 0 atom stereocenters. The second-order valence-electron chi connectivity index (χ2n) is 1.91. The molecule has 0 saturated heterocycles. The van der Waals surface area contributed by atoms with Crippen LogP contribution in [0.3, 0.4) is 0 Å². The van der Waals surface area contributed by atoms with Gasteiger partial charge in [-0.15, -0.1) is 0 Å². The maximum atomic E-state index is 4.08. The number of hydrogen-bond donors (Lipinski definition) is 0. The van der Waals surface area contributed by atoms with Crippen molar-refractivity contribution in [1.82, 2.24) is 4.98 Å². The van der Waals surface area contributed by atoms with Gasteiger partial charge >= 0.3 is 0 Å². The van der Waals surface area contributed by atoms with E-state index in [1.807, 2.05) is 6.92 Å². The van der Waals surface area contributed by atoms with Crippen LogP contribution in [0.25, 0.3) is 0 Å². The van der Waals surface area contributed by atoms with Crippen LogP contribution < -0.4 is 0 Å². The number of rotatable bonds is 2. The summed E-state index contributed by atoms with van der Waals surface area (Å²) in [6, 6.07) is 1.80. The number of nitrogens with zero attached hydrogens (tertiary/aromatic N) is 3. The van der Waals surface area contributed by atoms with Gasteiger partial charge in [-0.3, -0.25) is 15.0 Å². The molecule has 0 spiro atoms. The van der Waals surface area contributed by atoms with Crippen molar-refractivity contribution in [2.45, 2.75) is 6.92 Å². The monoisotopic (exact) mass is 147 g/mol. The molecule has 0 saturated carbocycles. The van der Waals surface area contributed by atoms with Gasteiger partial charge in [-0.1, -0.05) is 0 Å². The van der Waals surface area contributed by atoms with Gasteiger partial charge in [0.1, 0.15) is 5.69 Å². The van der Waals surface area contributed by atoms with E-state index < -0.39 is 0 Å². The molecule has 3 heteroatoms. The van der Waals surface area contributed by atoms with Crippen molar-refractivity contribution in [3.05, 3.63) is 18.5 Å². The molecule has 56 valence electrons. The summed E-state index contributed by atoms with van der Waals surface area (Å²) >= 11 is 0. The molecular weight excluding hydrogens is 138 g/mol.